The van der Waals surface area contributed by atoms with Crippen LogP contribution in [-0.4, -0.2) is 0 Å². The molecule has 2 aromatic rings. The first-order chi connectivity index (χ1) is 10.2. The Labute approximate surface area is 129 Å². The van der Waals surface area contributed by atoms with Crippen LogP contribution in [-0.2, 0) is 6.42 Å². The maximum atomic E-state index is 4.14. The van der Waals surface area contributed by atoms with Crippen molar-refractivity contribution < 1.29 is 0 Å². The summed E-state index contributed by atoms with van der Waals surface area (Å²) in [4.78, 5) is 0. The molecule has 1 aliphatic carbocycles. The van der Waals surface area contributed by atoms with Crippen molar-refractivity contribution in [2.24, 2.45) is 0 Å². The fourth-order valence-electron chi connectivity index (χ4n) is 2.63. The molecular formula is C21H28. The summed E-state index contributed by atoms with van der Waals surface area (Å²) in [6.45, 7) is 16.3. The van der Waals surface area contributed by atoms with E-state index in [0.717, 1.165) is 18.1 Å². The highest BCUT2D eigenvalue weighted by Crippen LogP contribution is 2.21. The first kappa shape index (κ1) is 17.2. The highest BCUT2D eigenvalue weighted by molar-refractivity contribution is 5.94. The number of benzene rings is 2. The van der Waals surface area contributed by atoms with E-state index >= 15 is 0 Å². The average Bonchev–Trinajstić information content (AvgIpc) is 2.53. The van der Waals surface area contributed by atoms with Crippen LogP contribution in [0, 0.1) is 0 Å². The van der Waals surface area contributed by atoms with Gasteiger partial charge in [-0.2, -0.15) is 0 Å². The Balaban J connectivity index is 0.000000395. The fraction of sp³-hybridized carbons (Fsp3) is 0.333. The predicted octanol–water partition coefficient (Wildman–Crippen LogP) is 5.06. The van der Waals surface area contributed by atoms with E-state index in [2.05, 4.69) is 57.3 Å². The largest absolute Gasteiger partial charge is 0.0984 e. The van der Waals surface area contributed by atoms with Crippen LogP contribution < -0.4 is 10.4 Å². The van der Waals surface area contributed by atoms with Crippen LogP contribution in [0.15, 0.2) is 30.8 Å². The van der Waals surface area contributed by atoms with Gasteiger partial charge in [-0.3, -0.25) is 0 Å². The normalized spacial score (nSPS) is 11.4. The number of rotatable bonds is 1. The van der Waals surface area contributed by atoms with Crippen LogP contribution >= 0.6 is 0 Å². The Bertz CT molecular complexity index is 705. The molecule has 112 valence electrons. The first-order valence-corrected chi connectivity index (χ1v) is 8.09. The lowest BCUT2D eigenvalue weighted by Crippen LogP contribution is -2.16. The van der Waals surface area contributed by atoms with Crippen LogP contribution in [0.4, 0.5) is 0 Å². The second-order valence-electron chi connectivity index (χ2n) is 5.03. The van der Waals surface area contributed by atoms with E-state index in [0.29, 0.717) is 0 Å². The standard InChI is InChI=1S/C16H14.C3H8.C2H6/c1-3-12-9-10-14-6-4-5-13-8-7-11(2)15(12)16(13)14;1-3-2;1-2/h3,5,7-10H,1-2,4,6H2;3H2,1-2H3;1-2H3. The molecule has 0 N–H and O–H groups in total. The summed E-state index contributed by atoms with van der Waals surface area (Å²) in [5, 5.41) is 5.12. The summed E-state index contributed by atoms with van der Waals surface area (Å²) < 4.78 is 0. The van der Waals surface area contributed by atoms with E-state index in [1.54, 1.807) is 0 Å². The molecule has 0 aliphatic heterocycles. The monoisotopic (exact) mass is 280 g/mol. The zero-order valence-corrected chi connectivity index (χ0v) is 14.0. The first-order valence-electron chi connectivity index (χ1n) is 8.09. The molecule has 0 fully saturated rings. The lowest BCUT2D eigenvalue weighted by atomic mass is 9.91. The van der Waals surface area contributed by atoms with Gasteiger partial charge >= 0.3 is 0 Å². The summed E-state index contributed by atoms with van der Waals surface area (Å²) in [6.07, 6.45) is 7.78. The second-order valence-corrected chi connectivity index (χ2v) is 5.03. The van der Waals surface area contributed by atoms with Gasteiger partial charge in [0.1, 0.15) is 0 Å². The van der Waals surface area contributed by atoms with Crippen LogP contribution in [0.2, 0.25) is 0 Å². The molecule has 2 aromatic carbocycles. The van der Waals surface area contributed by atoms with E-state index in [9.17, 15) is 0 Å². The van der Waals surface area contributed by atoms with Gasteiger partial charge in [0, 0.05) is 0 Å². The van der Waals surface area contributed by atoms with Crippen molar-refractivity contribution in [1.29, 1.82) is 0 Å². The molecule has 0 bridgehead atoms. The van der Waals surface area contributed by atoms with Crippen molar-refractivity contribution in [3.63, 3.8) is 0 Å². The molecule has 0 heteroatoms. The molecule has 0 saturated heterocycles. The van der Waals surface area contributed by atoms with Gasteiger partial charge in [-0.1, -0.05) is 83.7 Å². The van der Waals surface area contributed by atoms with E-state index in [-0.39, 0.29) is 0 Å². The van der Waals surface area contributed by atoms with Gasteiger partial charge < -0.3 is 0 Å². The van der Waals surface area contributed by atoms with Gasteiger partial charge in [0.05, 0.1) is 0 Å². The smallest absolute Gasteiger partial charge is 0.00363 e. The Morgan fingerprint density at radius 3 is 2.33 bits per heavy atom. The van der Waals surface area contributed by atoms with Gasteiger partial charge in [-0.25, -0.2) is 0 Å². The maximum absolute atomic E-state index is 4.14. The molecule has 0 radical (unpaired) electrons. The van der Waals surface area contributed by atoms with Gasteiger partial charge in [-0.05, 0) is 45.2 Å². The van der Waals surface area contributed by atoms with Gasteiger partial charge in [0.15, 0.2) is 0 Å². The molecule has 0 unspecified atom stereocenters. The summed E-state index contributed by atoms with van der Waals surface area (Å²) >= 11 is 0. The molecule has 0 amide bonds. The lowest BCUT2D eigenvalue weighted by molar-refractivity contribution is 1.03. The fourth-order valence-corrected chi connectivity index (χ4v) is 2.63. The SMILES string of the molecule is C=Cc1ccc2c3c(ccc(=C)c13)=CCC2.CC.CCC. The van der Waals surface area contributed by atoms with E-state index in [1.807, 2.05) is 19.9 Å². The molecule has 0 atom stereocenters. The minimum absolute atomic E-state index is 1.10. The Morgan fingerprint density at radius 2 is 1.71 bits per heavy atom. The molecule has 21 heavy (non-hydrogen) atoms. The van der Waals surface area contributed by atoms with Crippen LogP contribution in [0.3, 0.4) is 0 Å². The highest BCUT2D eigenvalue weighted by Gasteiger charge is 2.09. The van der Waals surface area contributed by atoms with Gasteiger partial charge in [0.2, 0.25) is 0 Å². The summed E-state index contributed by atoms with van der Waals surface area (Å²) in [7, 11) is 0. The zero-order valence-electron chi connectivity index (χ0n) is 14.0. The minimum Gasteiger partial charge on any atom is -0.0984 e. The third kappa shape index (κ3) is 3.64. The quantitative estimate of drug-likeness (QED) is 0.684. The Kier molecular flexibility index (Phi) is 6.94. The molecule has 0 nitrogen and oxygen atoms in total. The second kappa shape index (κ2) is 8.46. The Morgan fingerprint density at radius 1 is 1.05 bits per heavy atom. The summed E-state index contributed by atoms with van der Waals surface area (Å²) in [5.41, 5.74) is 2.64. The molecule has 3 rings (SSSR count). The Hall–Kier alpha value is -1.82. The molecule has 0 saturated carbocycles. The van der Waals surface area contributed by atoms with Crippen molar-refractivity contribution in [3.05, 3.63) is 52.4 Å². The molecule has 1 aliphatic rings. The third-order valence-electron chi connectivity index (χ3n) is 3.40. The average molecular weight is 280 g/mol. The van der Waals surface area contributed by atoms with Gasteiger partial charge in [-0.15, -0.1) is 0 Å². The van der Waals surface area contributed by atoms with E-state index in [4.69, 9.17) is 0 Å². The van der Waals surface area contributed by atoms with E-state index in [1.165, 1.54) is 33.5 Å². The van der Waals surface area contributed by atoms with Crippen molar-refractivity contribution in [2.75, 3.05) is 0 Å². The van der Waals surface area contributed by atoms with Crippen LogP contribution in [0.5, 0.6) is 0 Å². The van der Waals surface area contributed by atoms with E-state index < -0.39 is 0 Å². The minimum atomic E-state index is 1.10. The van der Waals surface area contributed by atoms with Crippen molar-refractivity contribution in [3.8, 4) is 0 Å². The van der Waals surface area contributed by atoms with Crippen molar-refractivity contribution >= 4 is 29.5 Å². The lowest BCUT2D eigenvalue weighted by Gasteiger charge is -2.13. The molecule has 0 heterocycles. The number of hydrogen-bond donors (Lipinski definition) is 0. The topological polar surface area (TPSA) is 0 Å². The third-order valence-corrected chi connectivity index (χ3v) is 3.40. The van der Waals surface area contributed by atoms with Crippen molar-refractivity contribution in [2.45, 2.75) is 47.0 Å². The molecular weight excluding hydrogens is 252 g/mol. The molecule has 0 spiro atoms. The maximum Gasteiger partial charge on any atom is -0.00363 e. The zero-order chi connectivity index (χ0) is 15.8. The molecule has 0 aromatic heterocycles. The number of aryl methyl sites for hydroxylation is 1. The summed E-state index contributed by atoms with van der Waals surface area (Å²) in [6, 6.07) is 8.68. The summed E-state index contributed by atoms with van der Waals surface area (Å²) in [5.74, 6) is 0. The van der Waals surface area contributed by atoms with Crippen LogP contribution in [0.25, 0.3) is 29.5 Å². The highest BCUT2D eigenvalue weighted by atomic mass is 14.1. The van der Waals surface area contributed by atoms with Crippen molar-refractivity contribution in [1.82, 2.24) is 0 Å². The number of hydrogen-bond acceptors (Lipinski definition) is 0. The van der Waals surface area contributed by atoms with Gasteiger partial charge in [0.25, 0.3) is 0 Å². The van der Waals surface area contributed by atoms with Crippen LogP contribution in [0.1, 0.15) is 51.7 Å². The predicted molar refractivity (Wildman–Crippen MR) is 98.9 cm³/mol.